The first-order valence-electron chi connectivity index (χ1n) is 8.37. The molecule has 0 unspecified atom stereocenters. The smallest absolute Gasteiger partial charge is 0.321 e. The summed E-state index contributed by atoms with van der Waals surface area (Å²) in [4.78, 5) is 15.9. The van der Waals surface area contributed by atoms with Crippen LogP contribution in [0.15, 0.2) is 6.33 Å². The van der Waals surface area contributed by atoms with Crippen LogP contribution in [0.2, 0.25) is 0 Å². The van der Waals surface area contributed by atoms with E-state index >= 15 is 0 Å². The quantitative estimate of drug-likeness (QED) is 0.839. The van der Waals surface area contributed by atoms with Gasteiger partial charge in [0, 0.05) is 6.54 Å². The number of amides is 2. The lowest BCUT2D eigenvalue weighted by Crippen LogP contribution is -2.38. The van der Waals surface area contributed by atoms with Crippen LogP contribution in [0.4, 0.5) is 10.7 Å². The molecule has 0 atom stereocenters. The summed E-state index contributed by atoms with van der Waals surface area (Å²) >= 11 is 0. The number of rotatable bonds is 5. The van der Waals surface area contributed by atoms with Crippen molar-refractivity contribution >= 4 is 21.8 Å². The third-order valence-corrected chi connectivity index (χ3v) is 6.88. The van der Waals surface area contributed by atoms with Crippen molar-refractivity contribution in [2.24, 2.45) is 0 Å². The van der Waals surface area contributed by atoms with Gasteiger partial charge >= 0.3 is 6.03 Å². The number of nitrogens with zero attached hydrogens (tertiary/aromatic N) is 3. The van der Waals surface area contributed by atoms with Crippen LogP contribution < -0.4 is 10.6 Å². The largest absolute Gasteiger partial charge is 0.337 e. The Balaban J connectivity index is 1.80. The third-order valence-electron chi connectivity index (χ3n) is 4.27. The number of carbonyl (C=O) groups excluding carboxylic acids is 1. The number of urea groups is 1. The molecule has 1 fully saturated rings. The third kappa shape index (κ3) is 4.93. The molecule has 0 bridgehead atoms. The van der Waals surface area contributed by atoms with E-state index in [1.807, 2.05) is 0 Å². The second-order valence-electron chi connectivity index (χ2n) is 7.15. The Morgan fingerprint density at radius 1 is 1.29 bits per heavy atom. The highest BCUT2D eigenvalue weighted by Crippen LogP contribution is 2.27. The highest BCUT2D eigenvalue weighted by molar-refractivity contribution is 7.92. The van der Waals surface area contributed by atoms with Gasteiger partial charge in [0.1, 0.15) is 6.33 Å². The first-order valence-corrected chi connectivity index (χ1v) is 10.0. The molecular formula is C15H27N5O3S. The van der Waals surface area contributed by atoms with Crippen molar-refractivity contribution in [3.8, 4) is 0 Å². The second kappa shape index (κ2) is 7.50. The van der Waals surface area contributed by atoms with Crippen molar-refractivity contribution in [2.75, 3.05) is 17.6 Å². The van der Waals surface area contributed by atoms with Crippen molar-refractivity contribution in [1.82, 2.24) is 20.1 Å². The fraction of sp³-hybridized carbons (Fsp3) is 0.800. The van der Waals surface area contributed by atoms with Crippen molar-refractivity contribution in [3.63, 3.8) is 0 Å². The van der Waals surface area contributed by atoms with Crippen molar-refractivity contribution in [1.29, 1.82) is 0 Å². The van der Waals surface area contributed by atoms with Crippen LogP contribution in [-0.2, 0) is 9.84 Å². The predicted molar refractivity (Wildman–Crippen MR) is 92.7 cm³/mol. The molecule has 2 rings (SSSR count). The first kappa shape index (κ1) is 18.7. The summed E-state index contributed by atoms with van der Waals surface area (Å²) in [7, 11) is -3.25. The zero-order chi connectivity index (χ0) is 17.8. The summed E-state index contributed by atoms with van der Waals surface area (Å²) in [5, 5.41) is 9.35. The summed E-state index contributed by atoms with van der Waals surface area (Å²) in [6.07, 6.45) is 7.44. The van der Waals surface area contributed by atoms with Crippen LogP contribution in [0, 0.1) is 0 Å². The van der Waals surface area contributed by atoms with Crippen LogP contribution in [0.3, 0.4) is 0 Å². The Labute approximate surface area is 143 Å². The molecule has 1 aromatic heterocycles. The minimum Gasteiger partial charge on any atom is -0.337 e. The summed E-state index contributed by atoms with van der Waals surface area (Å²) in [6.45, 7) is 4.98. The van der Waals surface area contributed by atoms with E-state index in [-0.39, 0.29) is 18.2 Å². The Hall–Kier alpha value is -1.64. The Bertz CT molecular complexity index is 657. The second-order valence-corrected chi connectivity index (χ2v) is 10.0. The molecule has 8 nitrogen and oxygen atoms in total. The Kier molecular flexibility index (Phi) is 5.84. The lowest BCUT2D eigenvalue weighted by Gasteiger charge is -2.21. The zero-order valence-corrected chi connectivity index (χ0v) is 15.4. The van der Waals surface area contributed by atoms with E-state index in [0.29, 0.717) is 6.04 Å². The monoisotopic (exact) mass is 357 g/mol. The summed E-state index contributed by atoms with van der Waals surface area (Å²) < 4.78 is 24.9. The number of nitrogens with one attached hydrogen (secondary N) is 2. The van der Waals surface area contributed by atoms with Crippen LogP contribution in [0.5, 0.6) is 0 Å². The molecule has 1 saturated carbocycles. The molecule has 2 amide bonds. The van der Waals surface area contributed by atoms with Crippen LogP contribution in [0.1, 0.15) is 58.9 Å². The van der Waals surface area contributed by atoms with Gasteiger partial charge in [0.05, 0.1) is 16.5 Å². The van der Waals surface area contributed by atoms with Gasteiger partial charge in [-0.05, 0) is 33.6 Å². The van der Waals surface area contributed by atoms with Crippen molar-refractivity contribution in [3.05, 3.63) is 6.33 Å². The van der Waals surface area contributed by atoms with E-state index in [9.17, 15) is 13.2 Å². The normalized spacial score (nSPS) is 16.8. The molecular weight excluding hydrogens is 330 g/mol. The summed E-state index contributed by atoms with van der Waals surface area (Å²) in [5.41, 5.74) is 0. The Morgan fingerprint density at radius 2 is 1.96 bits per heavy atom. The molecule has 0 radical (unpaired) electrons. The number of sulfone groups is 1. The van der Waals surface area contributed by atoms with Crippen LogP contribution in [0.25, 0.3) is 0 Å². The number of carbonyl (C=O) groups is 1. The average molecular weight is 357 g/mol. The highest BCUT2D eigenvalue weighted by atomic mass is 32.2. The molecule has 1 aliphatic rings. The minimum atomic E-state index is -3.25. The molecule has 1 aliphatic carbocycles. The van der Waals surface area contributed by atoms with E-state index < -0.39 is 20.6 Å². The number of hydrogen-bond donors (Lipinski definition) is 2. The van der Waals surface area contributed by atoms with Crippen molar-refractivity contribution in [2.45, 2.75) is 63.7 Å². The average Bonchev–Trinajstić information content (AvgIpc) is 2.95. The van der Waals surface area contributed by atoms with Crippen molar-refractivity contribution < 1.29 is 13.2 Å². The standard InChI is InChI=1S/C15H27N5O3S/c1-15(2,3)24(22,23)10-9-16-14(21)18-13-17-11-20(19-13)12-7-5-4-6-8-12/h11-12H,4-10H2,1-3H3,(H2,16,18,19,21). The number of aromatic nitrogens is 3. The highest BCUT2D eigenvalue weighted by Gasteiger charge is 2.28. The molecule has 0 aliphatic heterocycles. The lowest BCUT2D eigenvalue weighted by molar-refractivity contribution is 0.252. The maximum absolute atomic E-state index is 12.0. The Morgan fingerprint density at radius 3 is 2.58 bits per heavy atom. The van der Waals surface area contributed by atoms with Gasteiger partial charge in [-0.2, -0.15) is 0 Å². The molecule has 0 aromatic carbocycles. The predicted octanol–water partition coefficient (Wildman–Crippen LogP) is 2.12. The fourth-order valence-corrected chi connectivity index (χ4v) is 3.59. The van der Waals surface area contributed by atoms with Gasteiger partial charge < -0.3 is 5.32 Å². The van der Waals surface area contributed by atoms with E-state index in [2.05, 4.69) is 20.7 Å². The summed E-state index contributed by atoms with van der Waals surface area (Å²) in [6, 6.07) is -0.151. The lowest BCUT2D eigenvalue weighted by atomic mass is 9.96. The van der Waals surface area contributed by atoms with E-state index in [1.54, 1.807) is 31.8 Å². The summed E-state index contributed by atoms with van der Waals surface area (Å²) in [5.74, 6) is 0.130. The molecule has 1 heterocycles. The maximum atomic E-state index is 12.0. The SMILES string of the molecule is CC(C)(C)S(=O)(=O)CCNC(=O)Nc1ncn(C2CCCCC2)n1. The van der Waals surface area contributed by atoms with Gasteiger partial charge in [0.25, 0.3) is 0 Å². The van der Waals surface area contributed by atoms with E-state index in [0.717, 1.165) is 12.8 Å². The molecule has 1 aromatic rings. The van der Waals surface area contributed by atoms with Crippen LogP contribution in [-0.4, -0.2) is 46.3 Å². The van der Waals surface area contributed by atoms with Gasteiger partial charge in [0.2, 0.25) is 5.95 Å². The molecule has 2 N–H and O–H groups in total. The molecule has 0 spiro atoms. The molecule has 24 heavy (non-hydrogen) atoms. The van der Waals surface area contributed by atoms with Gasteiger partial charge in [-0.25, -0.2) is 22.9 Å². The van der Waals surface area contributed by atoms with Gasteiger partial charge in [-0.3, -0.25) is 5.32 Å². The molecule has 136 valence electrons. The maximum Gasteiger partial charge on any atom is 0.321 e. The van der Waals surface area contributed by atoms with E-state index in [1.165, 1.54) is 19.3 Å². The molecule has 9 heteroatoms. The fourth-order valence-electron chi connectivity index (χ4n) is 2.60. The number of anilines is 1. The van der Waals surface area contributed by atoms with Gasteiger partial charge in [-0.15, -0.1) is 5.10 Å². The van der Waals surface area contributed by atoms with E-state index in [4.69, 9.17) is 0 Å². The van der Waals surface area contributed by atoms with Crippen LogP contribution >= 0.6 is 0 Å². The first-order chi connectivity index (χ1) is 11.2. The van der Waals surface area contributed by atoms with Gasteiger partial charge in [-0.1, -0.05) is 19.3 Å². The molecule has 0 saturated heterocycles. The topological polar surface area (TPSA) is 106 Å². The number of hydrogen-bond acceptors (Lipinski definition) is 5. The van der Waals surface area contributed by atoms with Gasteiger partial charge in [0.15, 0.2) is 9.84 Å². The zero-order valence-electron chi connectivity index (χ0n) is 14.6. The minimum absolute atomic E-state index is 0.0504.